The molecule has 0 radical (unpaired) electrons. The fourth-order valence-corrected chi connectivity index (χ4v) is 4.26. The molecule has 0 spiro atoms. The summed E-state index contributed by atoms with van der Waals surface area (Å²) in [5, 5.41) is 0. The lowest BCUT2D eigenvalue weighted by molar-refractivity contribution is -0.164. The van der Waals surface area contributed by atoms with Crippen molar-refractivity contribution in [1.82, 2.24) is 0 Å². The third-order valence-electron chi connectivity index (χ3n) is 6.60. The summed E-state index contributed by atoms with van der Waals surface area (Å²) in [6, 6.07) is 4.70. The summed E-state index contributed by atoms with van der Waals surface area (Å²) in [6.07, 6.45) is 9.11. The molecular weight excluding hydrogens is 452 g/mol. The molecule has 2 unspecified atom stereocenters. The molecule has 2 saturated carbocycles. The van der Waals surface area contributed by atoms with E-state index in [1.54, 1.807) is 13.0 Å². The van der Waals surface area contributed by atoms with Crippen LogP contribution in [0.3, 0.4) is 0 Å². The molecule has 1 aromatic carbocycles. The van der Waals surface area contributed by atoms with Gasteiger partial charge in [-0.05, 0) is 89.8 Å². The minimum absolute atomic E-state index is 0.00601. The summed E-state index contributed by atoms with van der Waals surface area (Å²) >= 11 is 0. The quantitative estimate of drug-likeness (QED) is 0.291. The molecule has 0 bridgehead atoms. The molecule has 3 rings (SSSR count). The highest BCUT2D eigenvalue weighted by atomic mass is 16.6. The number of rotatable bonds is 8. The molecule has 35 heavy (non-hydrogen) atoms. The number of ether oxygens (including phenoxy) is 4. The number of hydrogen-bond donors (Lipinski definition) is 0. The molecule has 0 N–H and O–H groups in total. The van der Waals surface area contributed by atoms with E-state index in [0.717, 1.165) is 69.8 Å². The number of aryl methyl sites for hydroxylation is 1. The third kappa shape index (κ3) is 7.80. The van der Waals surface area contributed by atoms with Gasteiger partial charge in [-0.1, -0.05) is 18.9 Å². The first-order valence-electron chi connectivity index (χ1n) is 12.7. The standard InChI is InChI=1S/C27H36O8/c1-17-14-15-22(34-26(30)18(2)24(28)32-20-10-6-4-7-11-20)23(16-17)35-27(31)19(3)25(29)33-21-12-8-5-9-13-21/h14-16,18-21H,4-13H2,1-3H3. The molecule has 2 aliphatic rings. The SMILES string of the molecule is Cc1ccc(OC(=O)C(C)C(=O)OC2CCCCC2)c(OC(=O)C(C)C(=O)OC2CCCCC2)c1. The molecule has 8 nitrogen and oxygen atoms in total. The second kappa shape index (κ2) is 12.7. The molecular formula is C27H36O8. The lowest BCUT2D eigenvalue weighted by Crippen LogP contribution is -2.32. The van der Waals surface area contributed by atoms with Crippen LogP contribution in [-0.4, -0.2) is 36.1 Å². The molecule has 192 valence electrons. The smallest absolute Gasteiger partial charge is 0.325 e. The lowest BCUT2D eigenvalue weighted by atomic mass is 9.97. The van der Waals surface area contributed by atoms with Crippen LogP contribution in [0.15, 0.2) is 18.2 Å². The number of esters is 4. The van der Waals surface area contributed by atoms with Crippen molar-refractivity contribution in [2.24, 2.45) is 11.8 Å². The van der Waals surface area contributed by atoms with Gasteiger partial charge in [-0.15, -0.1) is 0 Å². The van der Waals surface area contributed by atoms with Crippen LogP contribution in [-0.2, 0) is 28.7 Å². The van der Waals surface area contributed by atoms with Crippen LogP contribution in [0.2, 0.25) is 0 Å². The van der Waals surface area contributed by atoms with Gasteiger partial charge in [-0.2, -0.15) is 0 Å². The Hall–Kier alpha value is -2.90. The van der Waals surface area contributed by atoms with Gasteiger partial charge >= 0.3 is 23.9 Å². The van der Waals surface area contributed by atoms with Gasteiger partial charge in [-0.25, -0.2) is 0 Å². The van der Waals surface area contributed by atoms with Gasteiger partial charge < -0.3 is 18.9 Å². The molecule has 0 amide bonds. The minimum Gasteiger partial charge on any atom is -0.462 e. The van der Waals surface area contributed by atoms with Crippen LogP contribution in [0.4, 0.5) is 0 Å². The fraction of sp³-hybridized carbons (Fsp3) is 0.630. The number of benzene rings is 1. The van der Waals surface area contributed by atoms with Crippen LogP contribution in [0, 0.1) is 18.8 Å². The lowest BCUT2D eigenvalue weighted by Gasteiger charge is -2.23. The molecule has 2 aliphatic carbocycles. The third-order valence-corrected chi connectivity index (χ3v) is 6.60. The maximum absolute atomic E-state index is 12.7. The highest BCUT2D eigenvalue weighted by Gasteiger charge is 2.31. The first kappa shape index (κ1) is 26.7. The Morgan fingerprint density at radius 2 is 1.09 bits per heavy atom. The molecule has 1 aromatic rings. The first-order valence-corrected chi connectivity index (χ1v) is 12.7. The zero-order valence-electron chi connectivity index (χ0n) is 20.9. The molecule has 0 heterocycles. The van der Waals surface area contributed by atoms with E-state index in [1.165, 1.54) is 26.0 Å². The minimum atomic E-state index is -1.13. The van der Waals surface area contributed by atoms with Crippen molar-refractivity contribution in [3.8, 4) is 11.5 Å². The molecule has 0 saturated heterocycles. The Bertz CT molecular complexity index is 912. The number of carbonyl (C=O) groups is 4. The molecule has 0 aromatic heterocycles. The topological polar surface area (TPSA) is 105 Å². The Kier molecular flexibility index (Phi) is 9.69. The summed E-state index contributed by atoms with van der Waals surface area (Å²) in [5.41, 5.74) is 0.759. The van der Waals surface area contributed by atoms with E-state index in [2.05, 4.69) is 0 Å². The van der Waals surface area contributed by atoms with Crippen LogP contribution in [0.25, 0.3) is 0 Å². The van der Waals surface area contributed by atoms with Gasteiger partial charge in [0.1, 0.15) is 12.2 Å². The zero-order valence-corrected chi connectivity index (χ0v) is 20.9. The summed E-state index contributed by atoms with van der Waals surface area (Å²) in [4.78, 5) is 50.2. The van der Waals surface area contributed by atoms with Crippen molar-refractivity contribution in [2.45, 2.75) is 97.2 Å². The summed E-state index contributed by atoms with van der Waals surface area (Å²) in [7, 11) is 0. The van der Waals surface area contributed by atoms with Crippen molar-refractivity contribution < 1.29 is 38.1 Å². The monoisotopic (exact) mass is 488 g/mol. The van der Waals surface area contributed by atoms with Gasteiger partial charge in [0.05, 0.1) is 0 Å². The zero-order chi connectivity index (χ0) is 25.4. The van der Waals surface area contributed by atoms with Crippen molar-refractivity contribution in [3.05, 3.63) is 23.8 Å². The van der Waals surface area contributed by atoms with Crippen molar-refractivity contribution in [2.75, 3.05) is 0 Å². The highest BCUT2D eigenvalue weighted by molar-refractivity contribution is 5.97. The molecule has 2 atom stereocenters. The number of hydrogen-bond acceptors (Lipinski definition) is 8. The molecule has 8 heteroatoms. The van der Waals surface area contributed by atoms with E-state index in [1.807, 2.05) is 0 Å². The van der Waals surface area contributed by atoms with Crippen LogP contribution < -0.4 is 9.47 Å². The summed E-state index contributed by atoms with van der Waals surface area (Å²) in [6.45, 7) is 4.64. The van der Waals surface area contributed by atoms with E-state index in [0.29, 0.717) is 0 Å². The van der Waals surface area contributed by atoms with E-state index in [9.17, 15) is 19.2 Å². The van der Waals surface area contributed by atoms with Gasteiger partial charge in [0.25, 0.3) is 0 Å². The largest absolute Gasteiger partial charge is 0.462 e. The predicted molar refractivity (Wildman–Crippen MR) is 127 cm³/mol. The van der Waals surface area contributed by atoms with Gasteiger partial charge in [-0.3, -0.25) is 19.2 Å². The predicted octanol–water partition coefficient (Wildman–Crippen LogP) is 4.83. The first-order chi connectivity index (χ1) is 16.7. The van der Waals surface area contributed by atoms with Gasteiger partial charge in [0.2, 0.25) is 0 Å². The summed E-state index contributed by atoms with van der Waals surface area (Å²) in [5.74, 6) is -5.17. The van der Waals surface area contributed by atoms with E-state index < -0.39 is 35.7 Å². The van der Waals surface area contributed by atoms with Crippen molar-refractivity contribution in [3.63, 3.8) is 0 Å². The number of carbonyl (C=O) groups excluding carboxylic acids is 4. The average molecular weight is 489 g/mol. The van der Waals surface area contributed by atoms with E-state index >= 15 is 0 Å². The van der Waals surface area contributed by atoms with Crippen LogP contribution >= 0.6 is 0 Å². The maximum Gasteiger partial charge on any atom is 0.325 e. The van der Waals surface area contributed by atoms with E-state index in [4.69, 9.17) is 18.9 Å². The average Bonchev–Trinajstić information content (AvgIpc) is 2.85. The Labute approximate surface area is 206 Å². The second-order valence-corrected chi connectivity index (χ2v) is 9.63. The van der Waals surface area contributed by atoms with Crippen molar-refractivity contribution >= 4 is 23.9 Å². The summed E-state index contributed by atoms with van der Waals surface area (Å²) < 4.78 is 21.8. The fourth-order valence-electron chi connectivity index (χ4n) is 4.26. The van der Waals surface area contributed by atoms with Crippen LogP contribution in [0.1, 0.15) is 83.6 Å². The maximum atomic E-state index is 12.7. The molecule has 2 fully saturated rings. The van der Waals surface area contributed by atoms with Gasteiger partial charge in [0, 0.05) is 0 Å². The highest BCUT2D eigenvalue weighted by Crippen LogP contribution is 2.30. The Balaban J connectivity index is 1.60. The van der Waals surface area contributed by atoms with Crippen molar-refractivity contribution in [1.29, 1.82) is 0 Å². The molecule has 0 aliphatic heterocycles. The normalized spacial score (nSPS) is 18.7. The van der Waals surface area contributed by atoms with Gasteiger partial charge in [0.15, 0.2) is 23.3 Å². The van der Waals surface area contributed by atoms with E-state index in [-0.39, 0.29) is 23.7 Å². The Morgan fingerprint density at radius 1 is 0.657 bits per heavy atom. The second-order valence-electron chi connectivity index (χ2n) is 9.63. The van der Waals surface area contributed by atoms with Crippen LogP contribution in [0.5, 0.6) is 11.5 Å². The Morgan fingerprint density at radius 3 is 1.54 bits per heavy atom.